The molecule has 3 saturated heterocycles. The van der Waals surface area contributed by atoms with Crippen LogP contribution in [0.4, 0.5) is 10.1 Å². The summed E-state index contributed by atoms with van der Waals surface area (Å²) in [5.74, 6) is -0.219. The first-order chi connectivity index (χ1) is 12.5. The number of halogens is 1. The first-order valence-corrected chi connectivity index (χ1v) is 10.5. The van der Waals surface area contributed by atoms with Crippen LogP contribution in [-0.2, 0) is 14.9 Å². The molecule has 0 saturated carbocycles. The van der Waals surface area contributed by atoms with Crippen molar-refractivity contribution in [1.29, 1.82) is 0 Å². The van der Waals surface area contributed by atoms with Crippen LogP contribution < -0.4 is 4.90 Å². The van der Waals surface area contributed by atoms with E-state index in [9.17, 15) is 12.8 Å². The molecule has 0 aromatic heterocycles. The maximum Gasteiger partial charge on any atom is 0.282 e. The van der Waals surface area contributed by atoms with E-state index >= 15 is 0 Å². The lowest BCUT2D eigenvalue weighted by Gasteiger charge is -2.48. The predicted molar refractivity (Wildman–Crippen MR) is 96.9 cm³/mol. The Labute approximate surface area is 154 Å². The minimum Gasteiger partial charge on any atom is -0.379 e. The van der Waals surface area contributed by atoms with Gasteiger partial charge < -0.3 is 9.64 Å². The highest BCUT2D eigenvalue weighted by molar-refractivity contribution is 7.86. The van der Waals surface area contributed by atoms with Crippen molar-refractivity contribution in [1.82, 2.24) is 13.5 Å². The molecule has 0 aliphatic carbocycles. The molecule has 144 valence electrons. The lowest BCUT2D eigenvalue weighted by Crippen LogP contribution is -2.66. The van der Waals surface area contributed by atoms with Crippen LogP contribution in [0.25, 0.3) is 0 Å². The average Bonchev–Trinajstić information content (AvgIpc) is 2.62. The minimum atomic E-state index is -3.34. The van der Waals surface area contributed by atoms with Crippen LogP contribution in [0.1, 0.15) is 0 Å². The summed E-state index contributed by atoms with van der Waals surface area (Å²) in [7, 11) is -3.34. The first-order valence-electron chi connectivity index (χ1n) is 9.11. The second-order valence-corrected chi connectivity index (χ2v) is 8.92. The Morgan fingerprint density at radius 1 is 0.885 bits per heavy atom. The van der Waals surface area contributed by atoms with E-state index in [0.29, 0.717) is 45.4 Å². The highest BCUT2D eigenvalue weighted by atomic mass is 32.2. The van der Waals surface area contributed by atoms with Crippen LogP contribution >= 0.6 is 0 Å². The number of benzene rings is 1. The molecular formula is C17H25FN4O3S. The van der Waals surface area contributed by atoms with E-state index in [1.165, 1.54) is 16.4 Å². The molecule has 7 nitrogen and oxygen atoms in total. The van der Waals surface area contributed by atoms with E-state index in [1.807, 2.05) is 12.1 Å². The standard InChI is InChI=1S/C17H25FN4O3S/c18-15-1-3-16(4-2-15)19-5-7-20(8-6-19)17-13-22(14-17)26(23,24)21-9-11-25-12-10-21/h1-4,17H,5-14H2. The van der Waals surface area contributed by atoms with Gasteiger partial charge in [0.25, 0.3) is 10.2 Å². The maximum atomic E-state index is 13.1. The van der Waals surface area contributed by atoms with E-state index in [1.54, 1.807) is 4.31 Å². The van der Waals surface area contributed by atoms with Crippen molar-refractivity contribution in [2.45, 2.75) is 6.04 Å². The second-order valence-electron chi connectivity index (χ2n) is 6.99. The van der Waals surface area contributed by atoms with Gasteiger partial charge in [0.2, 0.25) is 0 Å². The number of rotatable bonds is 4. The molecule has 0 N–H and O–H groups in total. The zero-order valence-corrected chi connectivity index (χ0v) is 15.6. The number of ether oxygens (including phenoxy) is 1. The Hall–Kier alpha value is -1.26. The largest absolute Gasteiger partial charge is 0.379 e. The summed E-state index contributed by atoms with van der Waals surface area (Å²) in [4.78, 5) is 4.61. The van der Waals surface area contributed by atoms with Crippen molar-refractivity contribution >= 4 is 15.9 Å². The van der Waals surface area contributed by atoms with Crippen molar-refractivity contribution in [3.8, 4) is 0 Å². The maximum absolute atomic E-state index is 13.1. The SMILES string of the molecule is O=S(=O)(N1CCOCC1)N1CC(N2CCN(c3ccc(F)cc3)CC2)C1. The van der Waals surface area contributed by atoms with Gasteiger partial charge in [0.05, 0.1) is 13.2 Å². The van der Waals surface area contributed by atoms with Crippen LogP contribution in [0.2, 0.25) is 0 Å². The summed E-state index contributed by atoms with van der Waals surface area (Å²) >= 11 is 0. The summed E-state index contributed by atoms with van der Waals surface area (Å²) in [6, 6.07) is 6.89. The van der Waals surface area contributed by atoms with Crippen LogP contribution in [0.5, 0.6) is 0 Å². The first kappa shape index (κ1) is 18.1. The molecule has 9 heteroatoms. The van der Waals surface area contributed by atoms with Gasteiger partial charge in [-0.05, 0) is 24.3 Å². The molecule has 0 bridgehead atoms. The fraction of sp³-hybridized carbons (Fsp3) is 0.647. The van der Waals surface area contributed by atoms with Crippen molar-refractivity contribution in [2.75, 3.05) is 70.5 Å². The van der Waals surface area contributed by atoms with Gasteiger partial charge in [-0.2, -0.15) is 17.0 Å². The van der Waals surface area contributed by atoms with Gasteiger partial charge in [-0.1, -0.05) is 0 Å². The van der Waals surface area contributed by atoms with E-state index < -0.39 is 10.2 Å². The molecule has 1 aromatic carbocycles. The summed E-state index contributed by atoms with van der Waals surface area (Å²) in [6.07, 6.45) is 0. The fourth-order valence-electron chi connectivity index (χ4n) is 3.77. The molecule has 4 rings (SSSR count). The number of hydrogen-bond donors (Lipinski definition) is 0. The average molecular weight is 384 g/mol. The Bertz CT molecular complexity index is 710. The Morgan fingerprint density at radius 2 is 1.50 bits per heavy atom. The zero-order valence-electron chi connectivity index (χ0n) is 14.8. The molecular weight excluding hydrogens is 359 g/mol. The van der Waals surface area contributed by atoms with Gasteiger partial charge in [-0.25, -0.2) is 4.39 Å². The molecule has 26 heavy (non-hydrogen) atoms. The van der Waals surface area contributed by atoms with Gasteiger partial charge in [0, 0.05) is 64.1 Å². The van der Waals surface area contributed by atoms with Crippen LogP contribution in [-0.4, -0.2) is 93.5 Å². The van der Waals surface area contributed by atoms with Crippen LogP contribution in [0.3, 0.4) is 0 Å². The van der Waals surface area contributed by atoms with E-state index in [4.69, 9.17) is 4.74 Å². The molecule has 0 radical (unpaired) electrons. The minimum absolute atomic E-state index is 0.219. The lowest BCUT2D eigenvalue weighted by atomic mass is 10.1. The van der Waals surface area contributed by atoms with Gasteiger partial charge in [-0.15, -0.1) is 0 Å². The topological polar surface area (TPSA) is 56.3 Å². The number of anilines is 1. The van der Waals surface area contributed by atoms with Crippen LogP contribution in [0, 0.1) is 5.82 Å². The molecule has 3 aliphatic heterocycles. The van der Waals surface area contributed by atoms with Gasteiger partial charge >= 0.3 is 0 Å². The van der Waals surface area contributed by atoms with Crippen molar-refractivity contribution in [3.05, 3.63) is 30.1 Å². The quantitative estimate of drug-likeness (QED) is 0.743. The summed E-state index contributed by atoms with van der Waals surface area (Å²) in [5.41, 5.74) is 1.04. The van der Waals surface area contributed by atoms with E-state index in [0.717, 1.165) is 31.9 Å². The molecule has 0 spiro atoms. The third-order valence-electron chi connectivity index (χ3n) is 5.47. The van der Waals surface area contributed by atoms with Gasteiger partial charge in [0.15, 0.2) is 0 Å². The Balaban J connectivity index is 1.27. The Kier molecular flexibility index (Phi) is 5.15. The molecule has 3 fully saturated rings. The molecule has 3 heterocycles. The summed E-state index contributed by atoms with van der Waals surface area (Å²) < 4.78 is 46.6. The number of nitrogens with zero attached hydrogens (tertiary/aromatic N) is 4. The molecule has 1 aromatic rings. The number of piperazine rings is 1. The number of morpholine rings is 1. The predicted octanol–water partition coefficient (Wildman–Crippen LogP) is 0.209. The zero-order chi connectivity index (χ0) is 18.1. The second kappa shape index (κ2) is 7.40. The summed E-state index contributed by atoms with van der Waals surface area (Å²) in [5, 5.41) is 0. The van der Waals surface area contributed by atoms with Gasteiger partial charge in [-0.3, -0.25) is 4.90 Å². The summed E-state index contributed by atoms with van der Waals surface area (Å²) in [6.45, 7) is 6.51. The molecule has 0 unspecified atom stereocenters. The van der Waals surface area contributed by atoms with E-state index in [-0.39, 0.29) is 5.82 Å². The highest BCUT2D eigenvalue weighted by Gasteiger charge is 2.42. The smallest absolute Gasteiger partial charge is 0.282 e. The van der Waals surface area contributed by atoms with Crippen LogP contribution in [0.15, 0.2) is 24.3 Å². The highest BCUT2D eigenvalue weighted by Crippen LogP contribution is 2.24. The van der Waals surface area contributed by atoms with Gasteiger partial charge in [0.1, 0.15) is 5.82 Å². The third kappa shape index (κ3) is 3.59. The third-order valence-corrected chi connectivity index (χ3v) is 7.44. The van der Waals surface area contributed by atoms with Crippen molar-refractivity contribution < 1.29 is 17.5 Å². The monoisotopic (exact) mass is 384 g/mol. The lowest BCUT2D eigenvalue weighted by molar-refractivity contribution is 0.0551. The fourth-order valence-corrected chi connectivity index (χ4v) is 5.43. The molecule has 0 atom stereocenters. The normalized spacial score (nSPS) is 24.6. The Morgan fingerprint density at radius 3 is 2.12 bits per heavy atom. The molecule has 0 amide bonds. The molecule has 3 aliphatic rings. The van der Waals surface area contributed by atoms with E-state index in [2.05, 4.69) is 9.80 Å². The van der Waals surface area contributed by atoms with Crippen molar-refractivity contribution in [2.24, 2.45) is 0 Å². The number of hydrogen-bond acceptors (Lipinski definition) is 5. The van der Waals surface area contributed by atoms with Crippen molar-refractivity contribution in [3.63, 3.8) is 0 Å².